The van der Waals surface area contributed by atoms with Gasteiger partial charge in [0.25, 0.3) is 0 Å². The van der Waals surface area contributed by atoms with Crippen LogP contribution in [0, 0.1) is 5.41 Å². The predicted molar refractivity (Wildman–Crippen MR) is 146 cm³/mol. The van der Waals surface area contributed by atoms with Crippen molar-refractivity contribution in [2.24, 2.45) is 5.41 Å². The van der Waals surface area contributed by atoms with Gasteiger partial charge in [-0.1, -0.05) is 55.5 Å². The Labute approximate surface area is 212 Å². The minimum atomic E-state index is 0.205. The summed E-state index contributed by atoms with van der Waals surface area (Å²) in [6, 6.07) is 22.2. The number of rotatable bonds is 6. The maximum Gasteiger partial charge on any atom is 0.102 e. The molecular weight excluding hydrogens is 456 g/mol. The second kappa shape index (κ2) is 9.57. The largest absolute Gasteiger partial charge is 0.375 e. The van der Waals surface area contributed by atoms with Crippen molar-refractivity contribution in [1.82, 2.24) is 9.47 Å². The van der Waals surface area contributed by atoms with Crippen LogP contribution in [0.5, 0.6) is 0 Å². The molecule has 180 valence electrons. The minimum Gasteiger partial charge on any atom is -0.375 e. The molecule has 34 heavy (non-hydrogen) atoms. The van der Waals surface area contributed by atoms with Gasteiger partial charge < -0.3 is 9.30 Å². The number of ether oxygens (including phenoxy) is 1. The average molecular weight is 493 g/mol. The highest BCUT2D eigenvalue weighted by atomic mass is 32.2. The zero-order valence-electron chi connectivity index (χ0n) is 20.2. The Bertz CT molecular complexity index is 1120. The van der Waals surface area contributed by atoms with Gasteiger partial charge in [-0.2, -0.15) is 0 Å². The van der Waals surface area contributed by atoms with Crippen molar-refractivity contribution >= 4 is 34.4 Å². The summed E-state index contributed by atoms with van der Waals surface area (Å²) in [7, 11) is 0. The highest BCUT2D eigenvalue weighted by Crippen LogP contribution is 2.66. The molecule has 2 saturated heterocycles. The lowest BCUT2D eigenvalue weighted by molar-refractivity contribution is -0.0661. The van der Waals surface area contributed by atoms with E-state index in [4.69, 9.17) is 4.74 Å². The number of nitrogens with zero attached hydrogens (tertiary/aromatic N) is 2. The molecule has 0 unspecified atom stereocenters. The SMILES string of the molecule is CC[C@@]12CCCN(CCOCc3ccccc3)[C@@H]1n1c(cc3ccccc31)C1(C2)SCCCS1. The standard InChI is InChI=1S/C29H36N2OS2/c1-2-28-14-8-15-30(16-17-32-21-23-10-4-3-5-11-23)27(28)31-25-13-7-6-12-24(25)20-26(31)29(22-28)33-18-9-19-34-29/h3-7,10-13,20,27H,2,8-9,14-19,21-22H2,1H3/t27-,28+/m1/s1. The van der Waals surface area contributed by atoms with E-state index in [-0.39, 0.29) is 4.08 Å². The molecule has 2 aromatic carbocycles. The van der Waals surface area contributed by atoms with Crippen molar-refractivity contribution < 1.29 is 4.74 Å². The Hall–Kier alpha value is -1.40. The van der Waals surface area contributed by atoms with Crippen LogP contribution in [0.1, 0.15) is 56.5 Å². The zero-order chi connectivity index (χ0) is 23.0. The molecule has 3 aliphatic heterocycles. The third-order valence-electron chi connectivity index (χ3n) is 8.28. The second-order valence-corrected chi connectivity index (χ2v) is 13.3. The van der Waals surface area contributed by atoms with Gasteiger partial charge in [-0.05, 0) is 66.7 Å². The first-order valence-electron chi connectivity index (χ1n) is 13.0. The van der Waals surface area contributed by atoms with E-state index >= 15 is 0 Å². The average Bonchev–Trinajstić information content (AvgIpc) is 3.28. The third kappa shape index (κ3) is 3.93. The van der Waals surface area contributed by atoms with Gasteiger partial charge in [0.1, 0.15) is 4.08 Å². The van der Waals surface area contributed by atoms with Crippen molar-refractivity contribution in [1.29, 1.82) is 0 Å². The molecule has 0 bridgehead atoms. The van der Waals surface area contributed by atoms with Crippen LogP contribution in [-0.2, 0) is 15.4 Å². The predicted octanol–water partition coefficient (Wildman–Crippen LogP) is 7.28. The Kier molecular flexibility index (Phi) is 6.48. The molecular formula is C29H36N2OS2. The summed E-state index contributed by atoms with van der Waals surface area (Å²) >= 11 is 4.47. The summed E-state index contributed by atoms with van der Waals surface area (Å²) in [6.07, 6.45) is 6.94. The van der Waals surface area contributed by atoms with Gasteiger partial charge in [0, 0.05) is 29.7 Å². The van der Waals surface area contributed by atoms with Crippen molar-refractivity contribution in [2.45, 2.75) is 55.9 Å². The van der Waals surface area contributed by atoms with E-state index in [9.17, 15) is 0 Å². The summed E-state index contributed by atoms with van der Waals surface area (Å²) < 4.78 is 9.16. The third-order valence-corrected chi connectivity index (χ3v) is 11.6. The van der Waals surface area contributed by atoms with Crippen LogP contribution in [-0.4, -0.2) is 40.7 Å². The van der Waals surface area contributed by atoms with Crippen LogP contribution < -0.4 is 0 Å². The van der Waals surface area contributed by atoms with Gasteiger partial charge in [-0.3, -0.25) is 4.90 Å². The van der Waals surface area contributed by atoms with Gasteiger partial charge >= 0.3 is 0 Å². The van der Waals surface area contributed by atoms with E-state index in [0.29, 0.717) is 18.2 Å². The highest BCUT2D eigenvalue weighted by Gasteiger charge is 2.56. The van der Waals surface area contributed by atoms with Crippen molar-refractivity contribution in [3.05, 3.63) is 71.9 Å². The Morgan fingerprint density at radius 3 is 2.62 bits per heavy atom. The fraction of sp³-hybridized carbons (Fsp3) is 0.517. The molecule has 3 aromatic rings. The first-order chi connectivity index (χ1) is 16.7. The summed E-state index contributed by atoms with van der Waals surface area (Å²) in [4.78, 5) is 2.76. The Morgan fingerprint density at radius 1 is 1.00 bits per heavy atom. The van der Waals surface area contributed by atoms with Crippen molar-refractivity contribution in [2.75, 3.05) is 31.2 Å². The number of thioether (sulfide) groups is 2. The monoisotopic (exact) mass is 492 g/mol. The molecule has 3 nitrogen and oxygen atoms in total. The topological polar surface area (TPSA) is 17.4 Å². The lowest BCUT2D eigenvalue weighted by Gasteiger charge is -2.58. The smallest absolute Gasteiger partial charge is 0.102 e. The normalized spacial score (nSPS) is 26.4. The minimum absolute atomic E-state index is 0.205. The first kappa shape index (κ1) is 23.0. The number of fused-ring (bicyclic) bond motifs is 6. The van der Waals surface area contributed by atoms with E-state index in [1.807, 2.05) is 0 Å². The molecule has 3 aliphatic rings. The van der Waals surface area contributed by atoms with Crippen LogP contribution in [0.15, 0.2) is 60.7 Å². The molecule has 0 radical (unpaired) electrons. The number of aromatic nitrogens is 1. The number of benzene rings is 2. The van der Waals surface area contributed by atoms with Crippen molar-refractivity contribution in [3.63, 3.8) is 0 Å². The van der Waals surface area contributed by atoms with Gasteiger partial charge in [-0.25, -0.2) is 0 Å². The number of hydrogen-bond donors (Lipinski definition) is 0. The fourth-order valence-corrected chi connectivity index (χ4v) is 10.3. The van der Waals surface area contributed by atoms with Crippen LogP contribution in [0.2, 0.25) is 0 Å². The van der Waals surface area contributed by atoms with Crippen molar-refractivity contribution in [3.8, 4) is 0 Å². The molecule has 6 rings (SSSR count). The van der Waals surface area contributed by atoms with Crippen LogP contribution in [0.4, 0.5) is 0 Å². The van der Waals surface area contributed by atoms with Gasteiger partial charge in [0.05, 0.1) is 19.4 Å². The van der Waals surface area contributed by atoms with Gasteiger partial charge in [0.2, 0.25) is 0 Å². The summed E-state index contributed by atoms with van der Waals surface area (Å²) in [5.41, 5.74) is 4.57. The highest BCUT2D eigenvalue weighted by molar-refractivity contribution is 8.18. The molecule has 4 heterocycles. The van der Waals surface area contributed by atoms with Crippen LogP contribution in [0.3, 0.4) is 0 Å². The molecule has 0 amide bonds. The summed E-state index contributed by atoms with van der Waals surface area (Å²) in [6.45, 7) is 6.10. The van der Waals surface area contributed by atoms with Gasteiger partial charge in [0.15, 0.2) is 0 Å². The number of para-hydroxylation sites is 1. The number of piperidine rings is 1. The number of hydrogen-bond acceptors (Lipinski definition) is 4. The molecule has 0 aliphatic carbocycles. The fourth-order valence-electron chi connectivity index (χ4n) is 6.67. The Morgan fingerprint density at radius 2 is 1.79 bits per heavy atom. The number of likely N-dealkylation sites (tertiary alicyclic amines) is 1. The quantitative estimate of drug-likeness (QED) is 0.336. The van der Waals surface area contributed by atoms with Gasteiger partial charge in [-0.15, -0.1) is 23.5 Å². The molecule has 2 atom stereocenters. The lowest BCUT2D eigenvalue weighted by Crippen LogP contribution is -2.55. The molecule has 2 fully saturated rings. The molecule has 5 heteroatoms. The Balaban J connectivity index is 1.35. The van der Waals surface area contributed by atoms with E-state index in [0.717, 1.165) is 13.2 Å². The summed E-state index contributed by atoms with van der Waals surface area (Å²) in [5, 5.41) is 1.40. The molecule has 1 aromatic heterocycles. The maximum atomic E-state index is 6.18. The molecule has 1 spiro atoms. The van der Waals surface area contributed by atoms with E-state index in [2.05, 4.69) is 101 Å². The molecule has 0 N–H and O–H groups in total. The lowest BCUT2D eigenvalue weighted by atomic mass is 9.68. The van der Waals surface area contributed by atoms with E-state index < -0.39 is 0 Å². The van der Waals surface area contributed by atoms with E-state index in [1.165, 1.54) is 66.6 Å². The summed E-state index contributed by atoms with van der Waals surface area (Å²) in [5.74, 6) is 2.58. The second-order valence-electron chi connectivity index (χ2n) is 10.2. The van der Waals surface area contributed by atoms with Crippen LogP contribution in [0.25, 0.3) is 10.9 Å². The zero-order valence-corrected chi connectivity index (χ0v) is 21.9. The molecule has 0 saturated carbocycles. The van der Waals surface area contributed by atoms with E-state index in [1.54, 1.807) is 5.69 Å². The van der Waals surface area contributed by atoms with Crippen LogP contribution >= 0.6 is 23.5 Å². The first-order valence-corrected chi connectivity index (χ1v) is 15.0. The maximum absolute atomic E-state index is 6.18.